The zero-order chi connectivity index (χ0) is 12.3. The van der Waals surface area contributed by atoms with Crippen molar-refractivity contribution in [2.24, 2.45) is 0 Å². The number of allylic oxidation sites excluding steroid dienone is 1. The molecular formula is C14H15BrO2. The maximum absolute atomic E-state index is 11.7. The van der Waals surface area contributed by atoms with Gasteiger partial charge >= 0.3 is 0 Å². The van der Waals surface area contributed by atoms with E-state index in [-0.39, 0.29) is 5.78 Å². The minimum Gasteiger partial charge on any atom is -0.389 e. The third-order valence-electron chi connectivity index (χ3n) is 3.04. The second-order valence-electron chi connectivity index (χ2n) is 4.31. The van der Waals surface area contributed by atoms with Gasteiger partial charge in [-0.15, -0.1) is 0 Å². The van der Waals surface area contributed by atoms with Gasteiger partial charge in [0.2, 0.25) is 0 Å². The molecule has 1 N–H and O–H groups in total. The van der Waals surface area contributed by atoms with Crippen molar-refractivity contribution in [3.05, 3.63) is 46.0 Å². The van der Waals surface area contributed by atoms with Gasteiger partial charge in [-0.3, -0.25) is 4.79 Å². The minimum absolute atomic E-state index is 0.183. The molecule has 1 aliphatic carbocycles. The zero-order valence-electron chi connectivity index (χ0n) is 9.53. The van der Waals surface area contributed by atoms with Crippen LogP contribution in [0, 0.1) is 0 Å². The van der Waals surface area contributed by atoms with Gasteiger partial charge in [0, 0.05) is 10.9 Å². The number of aryl methyl sites for hydroxylation is 1. The summed E-state index contributed by atoms with van der Waals surface area (Å²) in [7, 11) is 0. The lowest BCUT2D eigenvalue weighted by molar-refractivity contribution is -0.116. The SMILES string of the molecule is O=C1CC[C@@H](O)C=C1CCc1ccccc1Br. The molecule has 17 heavy (non-hydrogen) atoms. The largest absolute Gasteiger partial charge is 0.389 e. The Bertz CT molecular complexity index is 451. The van der Waals surface area contributed by atoms with E-state index < -0.39 is 6.10 Å². The molecule has 1 aliphatic rings. The highest BCUT2D eigenvalue weighted by Crippen LogP contribution is 2.22. The third-order valence-corrected chi connectivity index (χ3v) is 3.81. The fourth-order valence-corrected chi connectivity index (χ4v) is 2.52. The Morgan fingerprint density at radius 1 is 1.29 bits per heavy atom. The molecule has 90 valence electrons. The first-order valence-corrected chi connectivity index (χ1v) is 6.61. The van der Waals surface area contributed by atoms with E-state index in [9.17, 15) is 9.90 Å². The molecule has 0 aliphatic heterocycles. The van der Waals surface area contributed by atoms with Crippen molar-refractivity contribution in [3.8, 4) is 0 Å². The van der Waals surface area contributed by atoms with Crippen molar-refractivity contribution >= 4 is 21.7 Å². The number of carbonyl (C=O) groups is 1. The Hall–Kier alpha value is -0.930. The Morgan fingerprint density at radius 3 is 2.82 bits per heavy atom. The highest BCUT2D eigenvalue weighted by molar-refractivity contribution is 9.10. The van der Waals surface area contributed by atoms with Crippen LogP contribution in [-0.4, -0.2) is 17.0 Å². The highest BCUT2D eigenvalue weighted by Gasteiger charge is 2.18. The molecule has 0 amide bonds. The van der Waals surface area contributed by atoms with Crippen LogP contribution in [0.25, 0.3) is 0 Å². The van der Waals surface area contributed by atoms with Gasteiger partial charge in [0.05, 0.1) is 6.10 Å². The van der Waals surface area contributed by atoms with E-state index in [1.807, 2.05) is 24.3 Å². The molecule has 2 nitrogen and oxygen atoms in total. The molecule has 0 unspecified atom stereocenters. The first kappa shape index (κ1) is 12.5. The van der Waals surface area contributed by atoms with Crippen molar-refractivity contribution < 1.29 is 9.90 Å². The molecule has 1 aromatic rings. The molecule has 0 fully saturated rings. The smallest absolute Gasteiger partial charge is 0.158 e. The van der Waals surface area contributed by atoms with Crippen molar-refractivity contribution in [1.82, 2.24) is 0 Å². The van der Waals surface area contributed by atoms with Gasteiger partial charge in [0.15, 0.2) is 5.78 Å². The zero-order valence-corrected chi connectivity index (χ0v) is 11.1. The lowest BCUT2D eigenvalue weighted by atomic mass is 9.92. The molecular weight excluding hydrogens is 280 g/mol. The predicted octanol–water partition coefficient (Wildman–Crippen LogP) is 3.03. The number of halogens is 1. The van der Waals surface area contributed by atoms with Crippen LogP contribution in [0.3, 0.4) is 0 Å². The number of carbonyl (C=O) groups excluding carboxylic acids is 1. The van der Waals surface area contributed by atoms with E-state index >= 15 is 0 Å². The summed E-state index contributed by atoms with van der Waals surface area (Å²) in [5.74, 6) is 0.183. The van der Waals surface area contributed by atoms with Crippen LogP contribution in [0.2, 0.25) is 0 Å². The third kappa shape index (κ3) is 3.27. The van der Waals surface area contributed by atoms with Crippen molar-refractivity contribution in [2.75, 3.05) is 0 Å². The van der Waals surface area contributed by atoms with Crippen molar-refractivity contribution in [1.29, 1.82) is 0 Å². The fraction of sp³-hybridized carbons (Fsp3) is 0.357. The molecule has 0 spiro atoms. The highest BCUT2D eigenvalue weighted by atomic mass is 79.9. The molecule has 0 radical (unpaired) electrons. The Morgan fingerprint density at radius 2 is 2.06 bits per heavy atom. The molecule has 1 atom stereocenters. The summed E-state index contributed by atoms with van der Waals surface area (Å²) in [5.41, 5.74) is 1.97. The lowest BCUT2D eigenvalue weighted by Gasteiger charge is -2.16. The number of rotatable bonds is 3. The average Bonchev–Trinajstić information content (AvgIpc) is 2.32. The summed E-state index contributed by atoms with van der Waals surface area (Å²) in [5, 5.41) is 9.51. The topological polar surface area (TPSA) is 37.3 Å². The summed E-state index contributed by atoms with van der Waals surface area (Å²) in [4.78, 5) is 11.7. The number of hydrogen-bond donors (Lipinski definition) is 1. The second kappa shape index (κ2) is 5.61. The Kier molecular flexibility index (Phi) is 4.13. The normalized spacial score (nSPS) is 20.2. The van der Waals surface area contributed by atoms with E-state index in [0.717, 1.165) is 16.5 Å². The molecule has 1 aromatic carbocycles. The van der Waals surface area contributed by atoms with E-state index in [1.165, 1.54) is 5.56 Å². The van der Waals surface area contributed by atoms with Gasteiger partial charge in [-0.2, -0.15) is 0 Å². The molecule has 0 saturated carbocycles. The summed E-state index contributed by atoms with van der Waals surface area (Å²) in [6.07, 6.45) is 3.84. The van der Waals surface area contributed by atoms with Crippen LogP contribution in [0.1, 0.15) is 24.8 Å². The second-order valence-corrected chi connectivity index (χ2v) is 5.17. The number of aliphatic hydroxyl groups is 1. The van der Waals surface area contributed by atoms with E-state index in [1.54, 1.807) is 6.08 Å². The first-order chi connectivity index (χ1) is 8.16. The lowest BCUT2D eigenvalue weighted by Crippen LogP contribution is -2.17. The molecule has 2 rings (SSSR count). The van der Waals surface area contributed by atoms with Gasteiger partial charge in [-0.25, -0.2) is 0 Å². The maximum Gasteiger partial charge on any atom is 0.158 e. The fourth-order valence-electron chi connectivity index (χ4n) is 2.04. The van der Waals surface area contributed by atoms with Gasteiger partial charge in [0.1, 0.15) is 0 Å². The van der Waals surface area contributed by atoms with Crippen molar-refractivity contribution in [3.63, 3.8) is 0 Å². The van der Waals surface area contributed by atoms with E-state index in [0.29, 0.717) is 19.3 Å². The molecule has 0 saturated heterocycles. The summed E-state index contributed by atoms with van der Waals surface area (Å²) in [6.45, 7) is 0. The molecule has 0 heterocycles. The number of Topliss-reactive ketones (excluding diaryl/α,β-unsaturated/α-hetero) is 1. The van der Waals surface area contributed by atoms with Gasteiger partial charge in [-0.05, 0) is 42.5 Å². The summed E-state index contributed by atoms with van der Waals surface area (Å²) in [6, 6.07) is 8.02. The molecule has 0 aromatic heterocycles. The molecule has 3 heteroatoms. The van der Waals surface area contributed by atoms with Crippen LogP contribution in [0.15, 0.2) is 40.4 Å². The Labute approximate surface area is 109 Å². The van der Waals surface area contributed by atoms with Gasteiger partial charge in [-0.1, -0.05) is 34.1 Å². The van der Waals surface area contributed by atoms with Crippen molar-refractivity contribution in [2.45, 2.75) is 31.8 Å². The van der Waals surface area contributed by atoms with Crippen LogP contribution < -0.4 is 0 Å². The Balaban J connectivity index is 2.03. The minimum atomic E-state index is -0.443. The summed E-state index contributed by atoms with van der Waals surface area (Å²) >= 11 is 3.49. The van der Waals surface area contributed by atoms with Crippen LogP contribution in [0.4, 0.5) is 0 Å². The van der Waals surface area contributed by atoms with Crippen LogP contribution in [0.5, 0.6) is 0 Å². The number of hydrogen-bond acceptors (Lipinski definition) is 2. The van der Waals surface area contributed by atoms with Crippen LogP contribution >= 0.6 is 15.9 Å². The van der Waals surface area contributed by atoms with Crippen LogP contribution in [-0.2, 0) is 11.2 Å². The quantitative estimate of drug-likeness (QED) is 0.930. The first-order valence-electron chi connectivity index (χ1n) is 5.82. The number of aliphatic hydroxyl groups excluding tert-OH is 1. The van der Waals surface area contributed by atoms with Gasteiger partial charge in [0.25, 0.3) is 0 Å². The monoisotopic (exact) mass is 294 g/mol. The standard InChI is InChI=1S/C14H15BrO2/c15-13-4-2-1-3-10(13)5-6-11-9-12(16)7-8-14(11)17/h1-4,9,12,16H,5-8H2/t12-/m1/s1. The predicted molar refractivity (Wildman–Crippen MR) is 70.8 cm³/mol. The molecule has 0 bridgehead atoms. The summed E-state index contributed by atoms with van der Waals surface area (Å²) < 4.78 is 1.07. The number of benzene rings is 1. The number of ketones is 1. The van der Waals surface area contributed by atoms with E-state index in [2.05, 4.69) is 15.9 Å². The van der Waals surface area contributed by atoms with Gasteiger partial charge < -0.3 is 5.11 Å². The van der Waals surface area contributed by atoms with E-state index in [4.69, 9.17) is 0 Å². The average molecular weight is 295 g/mol. The maximum atomic E-state index is 11.7.